The van der Waals surface area contributed by atoms with Crippen LogP contribution in [0.25, 0.3) is 0 Å². The standard InChI is InChI=1S/C17H22N4O3/c1-3-15(4-2)20-16(22)10-24-17(23)14-7-5-13(6-8-14)9-21-12-18-11-19-21/h5-8,11-12,15H,3-4,9-10H2,1-2H3,(H,20,22). The molecule has 0 aliphatic rings. The molecule has 0 aliphatic heterocycles. The van der Waals surface area contributed by atoms with Gasteiger partial charge in [0.1, 0.15) is 12.7 Å². The molecular formula is C17H22N4O3. The Balaban J connectivity index is 1.83. The first-order valence-electron chi connectivity index (χ1n) is 8.00. The van der Waals surface area contributed by atoms with Crippen LogP contribution in [-0.2, 0) is 16.1 Å². The van der Waals surface area contributed by atoms with Crippen LogP contribution < -0.4 is 5.32 Å². The van der Waals surface area contributed by atoms with Gasteiger partial charge in [0.05, 0.1) is 12.1 Å². The number of carbonyl (C=O) groups is 2. The Morgan fingerprint density at radius 1 is 1.21 bits per heavy atom. The minimum absolute atomic E-state index is 0.118. The van der Waals surface area contributed by atoms with E-state index < -0.39 is 5.97 Å². The number of aromatic nitrogens is 3. The van der Waals surface area contributed by atoms with E-state index in [9.17, 15) is 9.59 Å². The maximum absolute atomic E-state index is 12.0. The second-order valence-corrected chi connectivity index (χ2v) is 5.45. The van der Waals surface area contributed by atoms with Gasteiger partial charge in [0, 0.05) is 6.04 Å². The molecule has 0 spiro atoms. The summed E-state index contributed by atoms with van der Waals surface area (Å²) in [7, 11) is 0. The number of ether oxygens (including phenoxy) is 1. The van der Waals surface area contributed by atoms with E-state index in [0.717, 1.165) is 18.4 Å². The van der Waals surface area contributed by atoms with Crippen molar-refractivity contribution in [2.45, 2.75) is 39.3 Å². The quantitative estimate of drug-likeness (QED) is 0.746. The molecule has 24 heavy (non-hydrogen) atoms. The van der Waals surface area contributed by atoms with E-state index in [-0.39, 0.29) is 18.6 Å². The summed E-state index contributed by atoms with van der Waals surface area (Å²) in [5, 5.41) is 6.85. The van der Waals surface area contributed by atoms with Crippen molar-refractivity contribution in [3.8, 4) is 0 Å². The van der Waals surface area contributed by atoms with Gasteiger partial charge >= 0.3 is 5.97 Å². The number of hydrogen-bond donors (Lipinski definition) is 1. The third-order valence-corrected chi connectivity index (χ3v) is 3.69. The third kappa shape index (κ3) is 5.19. The lowest BCUT2D eigenvalue weighted by Crippen LogP contribution is -2.36. The van der Waals surface area contributed by atoms with Crippen molar-refractivity contribution in [3.05, 3.63) is 48.0 Å². The van der Waals surface area contributed by atoms with Crippen LogP contribution >= 0.6 is 0 Å². The van der Waals surface area contributed by atoms with Gasteiger partial charge in [-0.05, 0) is 30.5 Å². The number of amides is 1. The molecule has 7 heteroatoms. The average molecular weight is 330 g/mol. The van der Waals surface area contributed by atoms with Crippen molar-refractivity contribution in [2.24, 2.45) is 0 Å². The van der Waals surface area contributed by atoms with Crippen LogP contribution in [0.2, 0.25) is 0 Å². The summed E-state index contributed by atoms with van der Waals surface area (Å²) in [5.41, 5.74) is 1.40. The summed E-state index contributed by atoms with van der Waals surface area (Å²) in [5.74, 6) is -0.790. The van der Waals surface area contributed by atoms with Crippen LogP contribution in [0, 0.1) is 0 Å². The first-order chi connectivity index (χ1) is 11.6. The summed E-state index contributed by atoms with van der Waals surface area (Å²) in [6, 6.07) is 7.11. The van der Waals surface area contributed by atoms with Crippen LogP contribution in [0.4, 0.5) is 0 Å². The predicted molar refractivity (Wildman–Crippen MR) is 88.4 cm³/mol. The van der Waals surface area contributed by atoms with E-state index in [1.807, 2.05) is 26.0 Å². The van der Waals surface area contributed by atoms with Crippen LogP contribution in [0.3, 0.4) is 0 Å². The van der Waals surface area contributed by atoms with E-state index in [2.05, 4.69) is 15.4 Å². The minimum atomic E-state index is -0.512. The Bertz CT molecular complexity index is 649. The second kappa shape index (κ2) is 8.81. The van der Waals surface area contributed by atoms with E-state index >= 15 is 0 Å². The molecule has 0 unspecified atom stereocenters. The molecule has 2 rings (SSSR count). The number of carbonyl (C=O) groups excluding carboxylic acids is 2. The van der Waals surface area contributed by atoms with Crippen molar-refractivity contribution in [3.63, 3.8) is 0 Å². The molecule has 1 N–H and O–H groups in total. The topological polar surface area (TPSA) is 86.1 Å². The maximum Gasteiger partial charge on any atom is 0.338 e. The van der Waals surface area contributed by atoms with Gasteiger partial charge in [0.25, 0.3) is 5.91 Å². The third-order valence-electron chi connectivity index (χ3n) is 3.69. The Morgan fingerprint density at radius 2 is 1.92 bits per heavy atom. The molecule has 1 amide bonds. The molecule has 0 aliphatic carbocycles. The maximum atomic E-state index is 12.0. The molecule has 0 saturated heterocycles. The van der Waals surface area contributed by atoms with Crippen molar-refractivity contribution < 1.29 is 14.3 Å². The van der Waals surface area contributed by atoms with Gasteiger partial charge < -0.3 is 10.1 Å². The van der Waals surface area contributed by atoms with Gasteiger partial charge in [-0.2, -0.15) is 5.10 Å². The summed E-state index contributed by atoms with van der Waals surface area (Å²) in [6.07, 6.45) is 4.80. The Labute approximate surface area is 141 Å². The fourth-order valence-corrected chi connectivity index (χ4v) is 2.22. The summed E-state index contributed by atoms with van der Waals surface area (Å²) in [6.45, 7) is 4.31. The van der Waals surface area contributed by atoms with Crippen molar-refractivity contribution in [2.75, 3.05) is 6.61 Å². The summed E-state index contributed by atoms with van der Waals surface area (Å²) >= 11 is 0. The monoisotopic (exact) mass is 330 g/mol. The smallest absolute Gasteiger partial charge is 0.338 e. The number of nitrogens with zero attached hydrogens (tertiary/aromatic N) is 3. The highest BCUT2D eigenvalue weighted by atomic mass is 16.5. The van der Waals surface area contributed by atoms with Gasteiger partial charge in [-0.15, -0.1) is 0 Å². The molecule has 1 aromatic heterocycles. The largest absolute Gasteiger partial charge is 0.452 e. The molecular weight excluding hydrogens is 308 g/mol. The second-order valence-electron chi connectivity index (χ2n) is 5.45. The van der Waals surface area contributed by atoms with E-state index in [4.69, 9.17) is 4.74 Å². The molecule has 128 valence electrons. The lowest BCUT2D eigenvalue weighted by molar-refractivity contribution is -0.125. The lowest BCUT2D eigenvalue weighted by Gasteiger charge is -2.14. The van der Waals surface area contributed by atoms with Crippen molar-refractivity contribution in [1.82, 2.24) is 20.1 Å². The SMILES string of the molecule is CCC(CC)NC(=O)COC(=O)c1ccc(Cn2cncn2)cc1. The van der Waals surface area contributed by atoms with Crippen LogP contribution in [0.5, 0.6) is 0 Å². The van der Waals surface area contributed by atoms with E-state index in [1.165, 1.54) is 6.33 Å². The van der Waals surface area contributed by atoms with Crippen LogP contribution in [-0.4, -0.2) is 39.3 Å². The number of benzene rings is 1. The zero-order valence-electron chi connectivity index (χ0n) is 13.9. The van der Waals surface area contributed by atoms with Crippen molar-refractivity contribution in [1.29, 1.82) is 0 Å². The Hall–Kier alpha value is -2.70. The van der Waals surface area contributed by atoms with Crippen LogP contribution in [0.15, 0.2) is 36.9 Å². The number of nitrogens with one attached hydrogen (secondary N) is 1. The zero-order valence-corrected chi connectivity index (χ0v) is 13.9. The first kappa shape index (κ1) is 17.7. The number of hydrogen-bond acceptors (Lipinski definition) is 5. The summed E-state index contributed by atoms with van der Waals surface area (Å²) in [4.78, 5) is 27.6. The van der Waals surface area contributed by atoms with Crippen LogP contribution in [0.1, 0.15) is 42.6 Å². The normalized spacial score (nSPS) is 10.6. The minimum Gasteiger partial charge on any atom is -0.452 e. The fraction of sp³-hybridized carbons (Fsp3) is 0.412. The van der Waals surface area contributed by atoms with Gasteiger partial charge in [-0.25, -0.2) is 14.5 Å². The highest BCUT2D eigenvalue weighted by Gasteiger charge is 2.12. The summed E-state index contributed by atoms with van der Waals surface area (Å²) < 4.78 is 6.74. The fourth-order valence-electron chi connectivity index (χ4n) is 2.22. The molecule has 0 bridgehead atoms. The molecule has 1 aromatic carbocycles. The zero-order chi connectivity index (χ0) is 17.4. The van der Waals surface area contributed by atoms with E-state index in [0.29, 0.717) is 12.1 Å². The number of rotatable bonds is 8. The molecule has 0 radical (unpaired) electrons. The molecule has 2 aromatic rings. The Kier molecular flexibility index (Phi) is 6.48. The molecule has 0 fully saturated rings. The van der Waals surface area contributed by atoms with E-state index in [1.54, 1.807) is 23.1 Å². The van der Waals surface area contributed by atoms with Crippen molar-refractivity contribution >= 4 is 11.9 Å². The Morgan fingerprint density at radius 3 is 2.50 bits per heavy atom. The molecule has 0 atom stereocenters. The van der Waals surface area contributed by atoms with Gasteiger partial charge in [0.15, 0.2) is 6.61 Å². The molecule has 0 saturated carbocycles. The average Bonchev–Trinajstić information content (AvgIpc) is 3.11. The lowest BCUT2D eigenvalue weighted by atomic mass is 10.1. The first-order valence-corrected chi connectivity index (χ1v) is 8.00. The highest BCUT2D eigenvalue weighted by Crippen LogP contribution is 2.07. The predicted octanol–water partition coefficient (Wildman–Crippen LogP) is 1.79. The molecule has 1 heterocycles. The highest BCUT2D eigenvalue weighted by molar-refractivity contribution is 5.91. The van der Waals surface area contributed by atoms with Gasteiger partial charge in [0.2, 0.25) is 0 Å². The number of esters is 1. The van der Waals surface area contributed by atoms with Gasteiger partial charge in [-0.1, -0.05) is 26.0 Å². The molecule has 7 nitrogen and oxygen atoms in total. The van der Waals surface area contributed by atoms with Gasteiger partial charge in [-0.3, -0.25) is 4.79 Å².